The number of carbonyl (C=O) groups is 1. The van der Waals surface area contributed by atoms with Gasteiger partial charge in [-0.3, -0.25) is 4.79 Å². The smallest absolute Gasteiger partial charge is 0.220 e. The van der Waals surface area contributed by atoms with Crippen LogP contribution in [0.15, 0.2) is 0 Å². The van der Waals surface area contributed by atoms with Crippen molar-refractivity contribution < 1.29 is 4.79 Å². The molecule has 0 unspecified atom stereocenters. The monoisotopic (exact) mass is 226 g/mol. The van der Waals surface area contributed by atoms with E-state index >= 15 is 0 Å². The molecule has 0 aromatic rings. The van der Waals surface area contributed by atoms with Crippen molar-refractivity contribution in [2.24, 2.45) is 11.8 Å². The van der Waals surface area contributed by atoms with Gasteiger partial charge in [-0.1, -0.05) is 13.8 Å². The second kappa shape index (κ2) is 7.66. The fraction of sp³-hybridized carbons (Fsp3) is 0.923. The molecule has 3 heteroatoms. The highest BCUT2D eigenvalue weighted by Gasteiger charge is 2.12. The Morgan fingerprint density at radius 2 is 2.06 bits per heavy atom. The van der Waals surface area contributed by atoms with Gasteiger partial charge in [-0.25, -0.2) is 0 Å². The molecule has 0 bridgehead atoms. The first-order valence-corrected chi connectivity index (χ1v) is 6.66. The van der Waals surface area contributed by atoms with E-state index in [9.17, 15) is 4.79 Å². The number of hydrogen-bond donors (Lipinski definition) is 2. The zero-order valence-corrected chi connectivity index (χ0v) is 10.7. The lowest BCUT2D eigenvalue weighted by Gasteiger charge is -2.22. The standard InChI is InChI=1S/C13H26N2O/c1-11(2)3-4-13(16)15-10-7-12-5-8-14-9-6-12/h11-12,14H,3-10H2,1-2H3,(H,15,16). The topological polar surface area (TPSA) is 41.1 Å². The number of nitrogens with one attached hydrogen (secondary N) is 2. The van der Waals surface area contributed by atoms with Gasteiger partial charge in [0.1, 0.15) is 0 Å². The van der Waals surface area contributed by atoms with Crippen LogP contribution in [0.1, 0.15) is 46.0 Å². The predicted octanol–water partition coefficient (Wildman–Crippen LogP) is 1.93. The minimum atomic E-state index is 0.225. The van der Waals surface area contributed by atoms with E-state index in [1.807, 2.05) is 0 Å². The van der Waals surface area contributed by atoms with Gasteiger partial charge in [-0.05, 0) is 50.6 Å². The summed E-state index contributed by atoms with van der Waals surface area (Å²) in [5.41, 5.74) is 0. The zero-order valence-electron chi connectivity index (χ0n) is 10.7. The van der Waals surface area contributed by atoms with Gasteiger partial charge in [0.25, 0.3) is 0 Å². The third-order valence-electron chi connectivity index (χ3n) is 3.28. The van der Waals surface area contributed by atoms with Crippen molar-refractivity contribution in [3.8, 4) is 0 Å². The van der Waals surface area contributed by atoms with E-state index in [1.165, 1.54) is 12.8 Å². The van der Waals surface area contributed by atoms with E-state index < -0.39 is 0 Å². The minimum Gasteiger partial charge on any atom is -0.356 e. The number of amides is 1. The lowest BCUT2D eigenvalue weighted by atomic mass is 9.95. The fourth-order valence-electron chi connectivity index (χ4n) is 2.09. The van der Waals surface area contributed by atoms with Crippen molar-refractivity contribution in [1.29, 1.82) is 0 Å². The molecular weight excluding hydrogens is 200 g/mol. The molecule has 1 aliphatic heterocycles. The average molecular weight is 226 g/mol. The molecule has 0 saturated carbocycles. The molecule has 0 aromatic heterocycles. The van der Waals surface area contributed by atoms with Crippen molar-refractivity contribution in [1.82, 2.24) is 10.6 Å². The molecule has 0 spiro atoms. The molecule has 1 saturated heterocycles. The molecule has 1 aliphatic rings. The van der Waals surface area contributed by atoms with Crippen LogP contribution < -0.4 is 10.6 Å². The van der Waals surface area contributed by atoms with Gasteiger partial charge in [0, 0.05) is 13.0 Å². The average Bonchev–Trinajstić information content (AvgIpc) is 2.28. The molecule has 0 radical (unpaired) electrons. The lowest BCUT2D eigenvalue weighted by molar-refractivity contribution is -0.121. The number of hydrogen-bond acceptors (Lipinski definition) is 2. The largest absolute Gasteiger partial charge is 0.356 e. The Kier molecular flexibility index (Phi) is 6.46. The first kappa shape index (κ1) is 13.5. The van der Waals surface area contributed by atoms with Gasteiger partial charge in [0.05, 0.1) is 0 Å². The third-order valence-corrected chi connectivity index (χ3v) is 3.28. The highest BCUT2D eigenvalue weighted by Crippen LogP contribution is 2.14. The summed E-state index contributed by atoms with van der Waals surface area (Å²) in [7, 11) is 0. The van der Waals surface area contributed by atoms with E-state index in [1.54, 1.807) is 0 Å². The molecule has 2 N–H and O–H groups in total. The maximum atomic E-state index is 11.5. The van der Waals surface area contributed by atoms with Gasteiger partial charge in [-0.15, -0.1) is 0 Å². The van der Waals surface area contributed by atoms with Gasteiger partial charge >= 0.3 is 0 Å². The third kappa shape index (κ3) is 6.11. The molecule has 0 atom stereocenters. The van der Waals surface area contributed by atoms with Crippen LogP contribution in [0.2, 0.25) is 0 Å². The molecule has 1 heterocycles. The summed E-state index contributed by atoms with van der Waals surface area (Å²) >= 11 is 0. The van der Waals surface area contributed by atoms with Gasteiger partial charge in [0.15, 0.2) is 0 Å². The summed E-state index contributed by atoms with van der Waals surface area (Å²) in [6.07, 6.45) is 5.36. The summed E-state index contributed by atoms with van der Waals surface area (Å²) in [6.45, 7) is 7.46. The molecule has 1 rings (SSSR count). The maximum Gasteiger partial charge on any atom is 0.220 e. The molecule has 0 aliphatic carbocycles. The van der Waals surface area contributed by atoms with Crippen LogP contribution in [0.4, 0.5) is 0 Å². The number of rotatable bonds is 6. The highest BCUT2D eigenvalue weighted by molar-refractivity contribution is 5.75. The zero-order chi connectivity index (χ0) is 11.8. The SMILES string of the molecule is CC(C)CCC(=O)NCCC1CCNCC1. The van der Waals surface area contributed by atoms with Crippen molar-refractivity contribution >= 4 is 5.91 Å². The van der Waals surface area contributed by atoms with Crippen LogP contribution in [-0.4, -0.2) is 25.5 Å². The summed E-state index contributed by atoms with van der Waals surface area (Å²) in [5.74, 6) is 1.66. The van der Waals surface area contributed by atoms with Crippen LogP contribution in [0, 0.1) is 11.8 Å². The Labute approximate surface area is 99.4 Å². The molecule has 3 nitrogen and oxygen atoms in total. The first-order valence-electron chi connectivity index (χ1n) is 6.66. The van der Waals surface area contributed by atoms with Crippen molar-refractivity contribution in [3.05, 3.63) is 0 Å². The second-order valence-electron chi connectivity index (χ2n) is 5.26. The molecular formula is C13H26N2O. The Hall–Kier alpha value is -0.570. The fourth-order valence-corrected chi connectivity index (χ4v) is 2.09. The van der Waals surface area contributed by atoms with Crippen molar-refractivity contribution in [2.75, 3.05) is 19.6 Å². The van der Waals surface area contributed by atoms with Crippen LogP contribution in [0.25, 0.3) is 0 Å². The van der Waals surface area contributed by atoms with Crippen LogP contribution in [0.3, 0.4) is 0 Å². The predicted molar refractivity (Wildman–Crippen MR) is 67.3 cm³/mol. The van der Waals surface area contributed by atoms with Crippen molar-refractivity contribution in [2.45, 2.75) is 46.0 Å². The van der Waals surface area contributed by atoms with E-state index in [4.69, 9.17) is 0 Å². The van der Waals surface area contributed by atoms with E-state index in [0.717, 1.165) is 38.4 Å². The normalized spacial score (nSPS) is 17.7. The van der Waals surface area contributed by atoms with Crippen LogP contribution >= 0.6 is 0 Å². The summed E-state index contributed by atoms with van der Waals surface area (Å²) in [6, 6.07) is 0. The van der Waals surface area contributed by atoms with E-state index in [-0.39, 0.29) is 5.91 Å². The quantitative estimate of drug-likeness (QED) is 0.726. The first-order chi connectivity index (χ1) is 7.68. The van der Waals surface area contributed by atoms with E-state index in [0.29, 0.717) is 12.3 Å². The molecule has 1 fully saturated rings. The van der Waals surface area contributed by atoms with Gasteiger partial charge in [0.2, 0.25) is 5.91 Å². The Balaban J connectivity index is 1.99. The molecule has 1 amide bonds. The number of piperidine rings is 1. The maximum absolute atomic E-state index is 11.5. The van der Waals surface area contributed by atoms with Crippen LogP contribution in [0.5, 0.6) is 0 Å². The summed E-state index contributed by atoms with van der Waals surface area (Å²) in [5, 5.41) is 6.39. The minimum absolute atomic E-state index is 0.225. The molecule has 16 heavy (non-hydrogen) atoms. The van der Waals surface area contributed by atoms with Gasteiger partial charge < -0.3 is 10.6 Å². The van der Waals surface area contributed by atoms with E-state index in [2.05, 4.69) is 24.5 Å². The second-order valence-corrected chi connectivity index (χ2v) is 5.26. The Bertz CT molecular complexity index is 198. The number of carbonyl (C=O) groups excluding carboxylic acids is 1. The molecule has 0 aromatic carbocycles. The lowest BCUT2D eigenvalue weighted by Crippen LogP contribution is -2.31. The Morgan fingerprint density at radius 3 is 2.69 bits per heavy atom. The van der Waals surface area contributed by atoms with Crippen LogP contribution in [-0.2, 0) is 4.79 Å². The molecule has 94 valence electrons. The van der Waals surface area contributed by atoms with Crippen molar-refractivity contribution in [3.63, 3.8) is 0 Å². The van der Waals surface area contributed by atoms with Gasteiger partial charge in [-0.2, -0.15) is 0 Å². The Morgan fingerprint density at radius 1 is 1.38 bits per heavy atom. The highest BCUT2D eigenvalue weighted by atomic mass is 16.1. The summed E-state index contributed by atoms with van der Waals surface area (Å²) in [4.78, 5) is 11.5. The summed E-state index contributed by atoms with van der Waals surface area (Å²) < 4.78 is 0.